The van der Waals surface area contributed by atoms with Gasteiger partial charge in [-0.05, 0) is 19.8 Å². The second-order valence-corrected chi connectivity index (χ2v) is 5.07. The zero-order valence-electron chi connectivity index (χ0n) is 11.9. The molecule has 1 fully saturated rings. The molecular formula is C13H22N2O5. The molecule has 0 spiro atoms. The van der Waals surface area contributed by atoms with E-state index < -0.39 is 29.3 Å². The fourth-order valence-electron chi connectivity index (χ4n) is 2.55. The maximum absolute atomic E-state index is 12.1. The highest BCUT2D eigenvalue weighted by molar-refractivity contribution is 6.02. The molecule has 2 unspecified atom stereocenters. The molecule has 0 saturated carbocycles. The summed E-state index contributed by atoms with van der Waals surface area (Å²) in [6.45, 7) is 4.08. The zero-order chi connectivity index (χ0) is 15.3. The summed E-state index contributed by atoms with van der Waals surface area (Å²) in [5.74, 6) is -2.25. The smallest absolute Gasteiger partial charge is 0.332 e. The molecule has 0 aromatic rings. The molecule has 0 aromatic heterocycles. The quantitative estimate of drug-likeness (QED) is 0.524. The van der Waals surface area contributed by atoms with Crippen molar-refractivity contribution in [1.29, 1.82) is 0 Å². The lowest BCUT2D eigenvalue weighted by Crippen LogP contribution is -2.49. The number of carboxylic acid groups (broad SMARTS) is 1. The van der Waals surface area contributed by atoms with Crippen molar-refractivity contribution in [3.63, 3.8) is 0 Å². The number of likely N-dealkylation sites (tertiary alicyclic amines) is 1. The van der Waals surface area contributed by atoms with Crippen molar-refractivity contribution in [1.82, 2.24) is 4.90 Å². The highest BCUT2D eigenvalue weighted by Crippen LogP contribution is 2.35. The number of carbonyl (C=O) groups excluding carboxylic acids is 2. The van der Waals surface area contributed by atoms with Crippen LogP contribution in [0.5, 0.6) is 0 Å². The minimum Gasteiger partial charge on any atom is -0.481 e. The van der Waals surface area contributed by atoms with E-state index >= 15 is 0 Å². The number of aliphatic carboxylic acids is 1. The summed E-state index contributed by atoms with van der Waals surface area (Å²) in [6.07, 6.45) is 1.61. The van der Waals surface area contributed by atoms with Gasteiger partial charge in [0.1, 0.15) is 0 Å². The highest BCUT2D eigenvalue weighted by atomic mass is 16.5. The Hall–Kier alpha value is -1.63. The molecule has 1 aliphatic heterocycles. The minimum absolute atomic E-state index is 0.0993. The van der Waals surface area contributed by atoms with Gasteiger partial charge in [-0.2, -0.15) is 0 Å². The van der Waals surface area contributed by atoms with E-state index in [-0.39, 0.29) is 13.2 Å². The van der Waals surface area contributed by atoms with E-state index in [1.165, 1.54) is 4.90 Å². The van der Waals surface area contributed by atoms with Crippen LogP contribution in [0.4, 0.5) is 0 Å². The van der Waals surface area contributed by atoms with Crippen LogP contribution in [0.15, 0.2) is 0 Å². The van der Waals surface area contributed by atoms with Crippen LogP contribution in [-0.2, 0) is 19.1 Å². The number of amides is 1. The fourth-order valence-corrected chi connectivity index (χ4v) is 2.55. The van der Waals surface area contributed by atoms with Crippen molar-refractivity contribution in [2.75, 3.05) is 19.7 Å². The van der Waals surface area contributed by atoms with Crippen molar-refractivity contribution < 1.29 is 24.2 Å². The number of hydrogen-bond donors (Lipinski definition) is 2. The summed E-state index contributed by atoms with van der Waals surface area (Å²) >= 11 is 0. The van der Waals surface area contributed by atoms with E-state index in [1.54, 1.807) is 6.92 Å². The van der Waals surface area contributed by atoms with E-state index in [9.17, 15) is 19.5 Å². The molecule has 1 heterocycles. The molecule has 0 bridgehead atoms. The van der Waals surface area contributed by atoms with E-state index in [2.05, 4.69) is 0 Å². The third-order valence-electron chi connectivity index (χ3n) is 3.65. The Labute approximate surface area is 118 Å². The molecular weight excluding hydrogens is 264 g/mol. The lowest BCUT2D eigenvalue weighted by molar-refractivity contribution is -0.151. The number of esters is 1. The first-order valence-corrected chi connectivity index (χ1v) is 6.82. The third kappa shape index (κ3) is 3.27. The molecule has 1 aliphatic rings. The second kappa shape index (κ2) is 6.69. The Kier molecular flexibility index (Phi) is 5.50. The molecule has 0 aromatic carbocycles. The summed E-state index contributed by atoms with van der Waals surface area (Å²) in [5.41, 5.74) is 4.63. The van der Waals surface area contributed by atoms with Gasteiger partial charge < -0.3 is 20.5 Å². The summed E-state index contributed by atoms with van der Waals surface area (Å²) in [4.78, 5) is 36.3. The summed E-state index contributed by atoms with van der Waals surface area (Å²) in [7, 11) is 0. The van der Waals surface area contributed by atoms with Crippen molar-refractivity contribution in [2.45, 2.75) is 39.2 Å². The number of ether oxygens (including phenoxy) is 1. The number of carboxylic acids is 1. The van der Waals surface area contributed by atoms with Crippen LogP contribution in [-0.4, -0.2) is 53.6 Å². The molecule has 114 valence electrons. The average molecular weight is 286 g/mol. The lowest BCUT2D eigenvalue weighted by Gasteiger charge is -2.25. The molecule has 2 atom stereocenters. The van der Waals surface area contributed by atoms with Gasteiger partial charge in [0.15, 0.2) is 6.04 Å². The molecule has 0 aliphatic carbocycles. The molecule has 20 heavy (non-hydrogen) atoms. The van der Waals surface area contributed by atoms with Crippen LogP contribution in [0.2, 0.25) is 0 Å². The first-order chi connectivity index (χ1) is 9.38. The Morgan fingerprint density at radius 2 is 2.05 bits per heavy atom. The van der Waals surface area contributed by atoms with Crippen LogP contribution in [0.3, 0.4) is 0 Å². The van der Waals surface area contributed by atoms with E-state index in [0.717, 1.165) is 6.42 Å². The van der Waals surface area contributed by atoms with Gasteiger partial charge in [0.2, 0.25) is 0 Å². The Bertz CT molecular complexity index is 398. The number of nitrogens with zero attached hydrogens (tertiary/aromatic N) is 1. The predicted molar refractivity (Wildman–Crippen MR) is 70.8 cm³/mol. The standard InChI is InChI=1S/C13H22N2O5/c1-3-5-13(12(18)19)6-7-15(8-13)10(16)9(14)11(17)20-4-2/h9H,3-8,14H2,1-2H3,(H,18,19). The number of carbonyl (C=O) groups is 3. The Morgan fingerprint density at radius 3 is 2.55 bits per heavy atom. The highest BCUT2D eigenvalue weighted by Gasteiger charge is 2.46. The van der Waals surface area contributed by atoms with Gasteiger partial charge in [0.25, 0.3) is 5.91 Å². The summed E-state index contributed by atoms with van der Waals surface area (Å²) in [6, 6.07) is -1.37. The van der Waals surface area contributed by atoms with Gasteiger partial charge in [0.05, 0.1) is 12.0 Å². The van der Waals surface area contributed by atoms with Crippen molar-refractivity contribution >= 4 is 17.8 Å². The summed E-state index contributed by atoms with van der Waals surface area (Å²) in [5, 5.41) is 9.37. The maximum atomic E-state index is 12.1. The van der Waals surface area contributed by atoms with Crippen molar-refractivity contribution in [3.8, 4) is 0 Å². The monoisotopic (exact) mass is 286 g/mol. The van der Waals surface area contributed by atoms with Crippen LogP contribution in [0, 0.1) is 5.41 Å². The number of hydrogen-bond acceptors (Lipinski definition) is 5. The maximum Gasteiger partial charge on any atom is 0.332 e. The van der Waals surface area contributed by atoms with E-state index in [1.807, 2.05) is 6.92 Å². The van der Waals surface area contributed by atoms with Crippen LogP contribution in [0.25, 0.3) is 0 Å². The molecule has 0 radical (unpaired) electrons. The zero-order valence-corrected chi connectivity index (χ0v) is 11.9. The van der Waals surface area contributed by atoms with Crippen molar-refractivity contribution in [3.05, 3.63) is 0 Å². The van der Waals surface area contributed by atoms with Crippen LogP contribution < -0.4 is 5.73 Å². The van der Waals surface area contributed by atoms with E-state index in [0.29, 0.717) is 19.4 Å². The normalized spacial score (nSPS) is 23.4. The SMILES string of the molecule is CCCC1(C(=O)O)CCN(C(=O)C(N)C(=O)OCC)C1. The minimum atomic E-state index is -1.37. The Balaban J connectivity index is 2.73. The van der Waals surface area contributed by atoms with Gasteiger partial charge in [-0.1, -0.05) is 13.3 Å². The van der Waals surface area contributed by atoms with Gasteiger partial charge in [-0.25, -0.2) is 4.79 Å². The second-order valence-electron chi connectivity index (χ2n) is 5.07. The van der Waals surface area contributed by atoms with Gasteiger partial charge in [0, 0.05) is 13.1 Å². The fraction of sp³-hybridized carbons (Fsp3) is 0.769. The molecule has 1 saturated heterocycles. The van der Waals surface area contributed by atoms with E-state index in [4.69, 9.17) is 10.5 Å². The molecule has 7 heteroatoms. The van der Waals surface area contributed by atoms with Gasteiger partial charge in [-0.3, -0.25) is 9.59 Å². The van der Waals surface area contributed by atoms with Gasteiger partial charge in [-0.15, -0.1) is 0 Å². The Morgan fingerprint density at radius 1 is 1.40 bits per heavy atom. The largest absolute Gasteiger partial charge is 0.481 e. The first kappa shape index (κ1) is 16.4. The topological polar surface area (TPSA) is 110 Å². The first-order valence-electron chi connectivity index (χ1n) is 6.82. The molecule has 3 N–H and O–H groups in total. The lowest BCUT2D eigenvalue weighted by atomic mass is 9.83. The third-order valence-corrected chi connectivity index (χ3v) is 3.65. The van der Waals surface area contributed by atoms with Crippen LogP contribution >= 0.6 is 0 Å². The van der Waals surface area contributed by atoms with Crippen LogP contribution in [0.1, 0.15) is 33.1 Å². The molecule has 1 amide bonds. The molecule has 1 rings (SSSR count). The number of nitrogens with two attached hydrogens (primary N) is 1. The van der Waals surface area contributed by atoms with Crippen molar-refractivity contribution in [2.24, 2.45) is 11.1 Å². The van der Waals surface area contributed by atoms with Gasteiger partial charge >= 0.3 is 11.9 Å². The molecule has 7 nitrogen and oxygen atoms in total. The number of rotatable bonds is 6. The summed E-state index contributed by atoms with van der Waals surface area (Å²) < 4.78 is 4.70. The average Bonchev–Trinajstić information content (AvgIpc) is 2.83. The predicted octanol–water partition coefficient (Wildman–Crippen LogP) is -0.0198.